The van der Waals surface area contributed by atoms with Crippen LogP contribution >= 0.6 is 0 Å². The maximum atomic E-state index is 9.95. The Balaban J connectivity index is 0.00000131. The number of fused-ring (bicyclic) bond motifs is 1. The third-order valence-corrected chi connectivity index (χ3v) is 6.61. The van der Waals surface area contributed by atoms with E-state index in [9.17, 15) is 4.80 Å². The molecule has 1 aliphatic carbocycles. The zero-order chi connectivity index (χ0) is 17.8. The molecule has 2 aliphatic rings. The first kappa shape index (κ1) is 25.3. The molecule has 1 unspecified atom stereocenters. The van der Waals surface area contributed by atoms with E-state index in [1.54, 1.807) is 6.33 Å². The minimum absolute atomic E-state index is 0. The molecule has 4 rings (SSSR count). The van der Waals surface area contributed by atoms with Crippen LogP contribution in [0.3, 0.4) is 0 Å². The Morgan fingerprint density at radius 2 is 2.15 bits per heavy atom. The number of ether oxygens (including phenoxy) is 2. The van der Waals surface area contributed by atoms with Gasteiger partial charge in [-0.2, -0.15) is 10.5 Å². The first-order chi connectivity index (χ1) is 12.0. The summed E-state index contributed by atoms with van der Waals surface area (Å²) in [6.07, 6.45) is 3.26. The second kappa shape index (κ2) is 10.1. The maximum Gasteiger partial charge on any atom is 1.00 e. The average Bonchev–Trinajstić information content (AvgIpc) is 3.23. The molecule has 1 radical (unpaired) electrons. The van der Waals surface area contributed by atoms with Crippen molar-refractivity contribution in [3.63, 3.8) is 0 Å². The monoisotopic (exact) mass is 531 g/mol. The Kier molecular flexibility index (Phi) is 9.49. The van der Waals surface area contributed by atoms with Crippen molar-refractivity contribution >= 4 is 26.9 Å². The molecule has 3 N–H and O–H groups in total. The zero-order valence-corrected chi connectivity index (χ0v) is 27.5. The van der Waals surface area contributed by atoms with Crippen molar-refractivity contribution in [3.8, 4) is 0 Å². The molecule has 5 atom stereocenters. The van der Waals surface area contributed by atoms with Gasteiger partial charge < -0.3 is 24.6 Å². The topological polar surface area (TPSA) is 108 Å². The molecule has 0 bridgehead atoms. The Labute approximate surface area is 259 Å². The third kappa shape index (κ3) is 4.37. The predicted octanol–water partition coefficient (Wildman–Crippen LogP) is -4.77. The fraction of sp³-hybridized carbons (Fsp3) is 0.688. The van der Waals surface area contributed by atoms with Gasteiger partial charge in [0.15, 0.2) is 11.9 Å². The number of rotatable bonds is 3. The van der Waals surface area contributed by atoms with Crippen molar-refractivity contribution < 1.29 is 131 Å². The summed E-state index contributed by atoms with van der Waals surface area (Å²) in [5.74, 6) is 0.465. The Hall–Kier alpha value is 2.06. The van der Waals surface area contributed by atoms with Gasteiger partial charge in [-0.25, -0.2) is 9.97 Å². The molecule has 2 aromatic rings. The van der Waals surface area contributed by atoms with Gasteiger partial charge in [0.1, 0.15) is 11.1 Å². The summed E-state index contributed by atoms with van der Waals surface area (Å²) >= 11 is 0. The summed E-state index contributed by atoms with van der Waals surface area (Å²) < 4.78 is 14.2. The number of nitrogens with zero attached hydrogens (tertiary/aromatic N) is 4. The van der Waals surface area contributed by atoms with E-state index in [-0.39, 0.29) is 156 Å². The van der Waals surface area contributed by atoms with Crippen LogP contribution in [0.4, 0.5) is 5.95 Å². The molecule has 0 aromatic carbocycles. The molecule has 3 heterocycles. The van der Waals surface area contributed by atoms with Crippen molar-refractivity contribution in [1.29, 1.82) is 0 Å². The van der Waals surface area contributed by atoms with E-state index in [1.807, 2.05) is 18.4 Å². The minimum atomic E-state index is -0.476. The van der Waals surface area contributed by atoms with Gasteiger partial charge in [-0.15, -0.1) is 0 Å². The first-order valence-corrected chi connectivity index (χ1v) is 9.68. The van der Waals surface area contributed by atoms with Crippen LogP contribution in [0.25, 0.3) is 11.2 Å². The molecule has 135 valence electrons. The van der Waals surface area contributed by atoms with E-state index >= 15 is 0 Å². The minimum Gasteiger partial charge on any atom is -0.634 e. The Bertz CT molecular complexity index is 810. The molecular weight excluding hydrogens is 509 g/mol. The van der Waals surface area contributed by atoms with Gasteiger partial charge in [-0.05, 0) is 19.8 Å². The number of anilines is 1. The van der Waals surface area contributed by atoms with E-state index in [4.69, 9.17) is 15.2 Å². The number of aryl methyl sites for hydroxylation is 1. The van der Waals surface area contributed by atoms with Gasteiger partial charge >= 0.3 is 116 Å². The second-order valence-corrected chi connectivity index (χ2v) is 7.94. The third-order valence-electron chi connectivity index (χ3n) is 5.64. The summed E-state index contributed by atoms with van der Waals surface area (Å²) in [6, 6.07) is -0.00856. The molecule has 1 saturated carbocycles. The fourth-order valence-corrected chi connectivity index (χ4v) is 5.64. The van der Waals surface area contributed by atoms with E-state index in [0.717, 1.165) is 24.1 Å². The van der Waals surface area contributed by atoms with Crippen LogP contribution in [-0.2, 0) is 9.47 Å². The van der Waals surface area contributed by atoms with E-state index < -0.39 is 5.60 Å². The van der Waals surface area contributed by atoms with Gasteiger partial charge in [-0.1, -0.05) is 19.8 Å². The molecular formula is C16H23N5O3Rb2Si+. The van der Waals surface area contributed by atoms with Crippen molar-refractivity contribution in [3.05, 3.63) is 12.0 Å². The molecule has 1 spiro atoms. The standard InChI is InChI=1S/C16H23N5O3Si.2Rb/c1-4-10-11(25-22)5-12(16(10)6-23-9(3)24-16)21-7-18-13-8(2)19-15(17)20-14(13)21;;/h7,9-12,22H,4-6H2,1-3H3,(H2,17,19,20);;/q-1;2*+1/t9?,10-,11+,12+,16+;;/m1../s1. The van der Waals surface area contributed by atoms with Crippen LogP contribution in [0.2, 0.25) is 5.54 Å². The number of nitrogens with two attached hydrogens (primary N) is 1. The second-order valence-electron chi connectivity index (χ2n) is 6.94. The Morgan fingerprint density at radius 3 is 2.74 bits per heavy atom. The van der Waals surface area contributed by atoms with Crippen molar-refractivity contribution in [1.82, 2.24) is 19.5 Å². The Morgan fingerprint density at radius 1 is 1.41 bits per heavy atom. The van der Waals surface area contributed by atoms with Gasteiger partial charge in [0, 0.05) is 0 Å². The van der Waals surface area contributed by atoms with Gasteiger partial charge in [0.25, 0.3) is 0 Å². The number of hydrogen-bond acceptors (Lipinski definition) is 7. The largest absolute Gasteiger partial charge is 1.00 e. The SMILES string of the molecule is CC[C@@H]1[C@@H]([Si-]O)C[C@H](n2cnc3c(C)nc(N)nc32)[C@]12COC(C)O2.[Rb+].[Rb+]. The number of nitrogen functional groups attached to an aromatic ring is 1. The molecule has 11 heteroatoms. The van der Waals surface area contributed by atoms with Gasteiger partial charge in [0.2, 0.25) is 5.95 Å². The van der Waals surface area contributed by atoms with Crippen molar-refractivity contribution in [2.75, 3.05) is 12.3 Å². The van der Waals surface area contributed by atoms with Crippen LogP contribution in [0, 0.1) is 12.8 Å². The van der Waals surface area contributed by atoms with Crippen LogP contribution in [0.1, 0.15) is 38.4 Å². The summed E-state index contributed by atoms with van der Waals surface area (Å²) in [5.41, 5.74) is 7.80. The van der Waals surface area contributed by atoms with E-state index in [1.165, 1.54) is 0 Å². The summed E-state index contributed by atoms with van der Waals surface area (Å²) in [4.78, 5) is 23.1. The summed E-state index contributed by atoms with van der Waals surface area (Å²) in [7, 11) is -0.123. The molecule has 2 aromatic heterocycles. The zero-order valence-electron chi connectivity index (χ0n) is 16.6. The van der Waals surface area contributed by atoms with Crippen LogP contribution < -0.4 is 122 Å². The predicted molar refractivity (Wildman–Crippen MR) is 92.9 cm³/mol. The first-order valence-electron chi connectivity index (χ1n) is 8.65. The summed E-state index contributed by atoms with van der Waals surface area (Å²) in [5, 5.41) is 0. The van der Waals surface area contributed by atoms with Gasteiger partial charge in [0.05, 0.1) is 24.7 Å². The van der Waals surface area contributed by atoms with Crippen LogP contribution in [0.15, 0.2) is 6.33 Å². The number of aromatic nitrogens is 4. The van der Waals surface area contributed by atoms with Crippen LogP contribution in [-0.4, -0.2) is 52.6 Å². The fourth-order valence-electron chi connectivity index (χ4n) is 4.61. The average molecular weight is 532 g/mol. The van der Waals surface area contributed by atoms with Crippen molar-refractivity contribution in [2.24, 2.45) is 5.92 Å². The molecule has 1 saturated heterocycles. The van der Waals surface area contributed by atoms with Crippen LogP contribution in [0.5, 0.6) is 0 Å². The van der Waals surface area contributed by atoms with Gasteiger partial charge in [-0.3, -0.25) is 9.76 Å². The molecule has 0 amide bonds. The molecule has 2 fully saturated rings. The molecule has 8 nitrogen and oxygen atoms in total. The normalized spacial score (nSPS) is 32.6. The molecule has 27 heavy (non-hydrogen) atoms. The number of imidazole rings is 1. The smallest absolute Gasteiger partial charge is 0.634 e. The summed E-state index contributed by atoms with van der Waals surface area (Å²) in [6.45, 7) is 6.46. The maximum absolute atomic E-state index is 9.95. The van der Waals surface area contributed by atoms with E-state index in [2.05, 4.69) is 21.9 Å². The van der Waals surface area contributed by atoms with E-state index in [0.29, 0.717) is 12.3 Å². The quantitative estimate of drug-likeness (QED) is 0.383. The number of hydrogen-bond donors (Lipinski definition) is 2. The van der Waals surface area contributed by atoms with Crippen molar-refractivity contribution in [2.45, 2.75) is 57.1 Å². The molecule has 1 aliphatic heterocycles.